The zero-order valence-corrected chi connectivity index (χ0v) is 17.4. The Balaban J connectivity index is 1.57. The Hall–Kier alpha value is -2.93. The Morgan fingerprint density at radius 2 is 1.93 bits per heavy atom. The molecule has 0 bridgehead atoms. The van der Waals surface area contributed by atoms with Crippen LogP contribution >= 0.6 is 0 Å². The second kappa shape index (κ2) is 10.7. The third-order valence-electron chi connectivity index (χ3n) is 5.25. The van der Waals surface area contributed by atoms with Gasteiger partial charge in [-0.3, -0.25) is 15.0 Å². The van der Waals surface area contributed by atoms with E-state index in [0.29, 0.717) is 6.54 Å². The van der Waals surface area contributed by atoms with E-state index in [0.717, 1.165) is 62.5 Å². The lowest BCUT2D eigenvalue weighted by Gasteiger charge is -2.37. The summed E-state index contributed by atoms with van der Waals surface area (Å²) in [6.45, 7) is 5.97. The zero-order valence-electron chi connectivity index (χ0n) is 17.4. The van der Waals surface area contributed by atoms with Crippen LogP contribution in [0.25, 0.3) is 0 Å². The Morgan fingerprint density at radius 3 is 2.63 bits per heavy atom. The van der Waals surface area contributed by atoms with Crippen LogP contribution in [0.2, 0.25) is 0 Å². The van der Waals surface area contributed by atoms with E-state index < -0.39 is 0 Å². The molecule has 1 N–H and O–H groups in total. The van der Waals surface area contributed by atoms with Crippen LogP contribution in [0.5, 0.6) is 0 Å². The van der Waals surface area contributed by atoms with Crippen molar-refractivity contribution in [3.63, 3.8) is 0 Å². The highest BCUT2D eigenvalue weighted by molar-refractivity contribution is 5.33. The number of halogens is 1. The van der Waals surface area contributed by atoms with Gasteiger partial charge in [0.1, 0.15) is 5.82 Å². The average molecular weight is 413 g/mol. The van der Waals surface area contributed by atoms with Gasteiger partial charge < -0.3 is 10.2 Å². The van der Waals surface area contributed by atoms with Crippen LogP contribution in [0, 0.1) is 15.9 Å². The molecule has 3 rings (SSSR count). The molecule has 0 saturated carbocycles. The van der Waals surface area contributed by atoms with Gasteiger partial charge in [-0.1, -0.05) is 43.7 Å². The van der Waals surface area contributed by atoms with Crippen molar-refractivity contribution in [3.8, 4) is 0 Å². The van der Waals surface area contributed by atoms with Crippen LogP contribution in [0.4, 0.5) is 10.1 Å². The molecule has 7 heteroatoms. The summed E-state index contributed by atoms with van der Waals surface area (Å²) in [5.41, 5.74) is 1.89. The Morgan fingerprint density at radius 1 is 1.17 bits per heavy atom. The lowest BCUT2D eigenvalue weighted by Crippen LogP contribution is -2.45. The highest BCUT2D eigenvalue weighted by atomic mass is 19.1. The molecule has 0 spiro atoms. The first-order chi connectivity index (χ1) is 14.6. The van der Waals surface area contributed by atoms with Crippen LogP contribution in [-0.4, -0.2) is 41.0 Å². The fraction of sp³-hybridized carbons (Fsp3) is 0.391. The molecule has 0 aliphatic carbocycles. The fourth-order valence-electron chi connectivity index (χ4n) is 3.55. The molecule has 0 amide bonds. The van der Waals surface area contributed by atoms with Crippen molar-refractivity contribution in [3.05, 3.63) is 87.5 Å². The molecule has 160 valence electrons. The van der Waals surface area contributed by atoms with E-state index in [9.17, 15) is 14.5 Å². The lowest BCUT2D eigenvalue weighted by molar-refractivity contribution is -0.384. The Kier molecular flexibility index (Phi) is 7.79. The molecule has 0 saturated heterocycles. The molecular formula is C23H29FN4O2. The maximum atomic E-state index is 14.0. The van der Waals surface area contributed by atoms with Crippen molar-refractivity contribution in [1.82, 2.24) is 15.1 Å². The normalized spacial score (nSPS) is 14.5. The largest absolute Gasteiger partial charge is 0.372 e. The molecule has 2 aromatic rings. The number of rotatable bonds is 10. The maximum absolute atomic E-state index is 14.0. The molecule has 1 aliphatic heterocycles. The average Bonchev–Trinajstić information content (AvgIpc) is 2.75. The van der Waals surface area contributed by atoms with E-state index in [1.54, 1.807) is 30.3 Å². The second-order valence-electron chi connectivity index (χ2n) is 7.55. The van der Waals surface area contributed by atoms with Gasteiger partial charge >= 0.3 is 0 Å². The first-order valence-electron chi connectivity index (χ1n) is 10.4. The van der Waals surface area contributed by atoms with Gasteiger partial charge in [0.05, 0.1) is 17.4 Å². The summed E-state index contributed by atoms with van der Waals surface area (Å²) in [6.07, 6.45) is 5.15. The molecule has 1 heterocycles. The van der Waals surface area contributed by atoms with Crippen LogP contribution in [0.1, 0.15) is 30.9 Å². The van der Waals surface area contributed by atoms with Crippen molar-refractivity contribution < 1.29 is 9.31 Å². The van der Waals surface area contributed by atoms with Gasteiger partial charge in [0, 0.05) is 43.9 Å². The summed E-state index contributed by atoms with van der Waals surface area (Å²) >= 11 is 0. The number of hydrogen-bond donors (Lipinski definition) is 1. The monoisotopic (exact) mass is 412 g/mol. The van der Waals surface area contributed by atoms with Crippen LogP contribution in [0.15, 0.2) is 60.4 Å². The SMILES string of the molecule is CCCCN1CN(Cc2ccccc2F)CC=C1NCCc1ccc([N+](=O)[O-])cc1. The predicted octanol–water partition coefficient (Wildman–Crippen LogP) is 4.28. The summed E-state index contributed by atoms with van der Waals surface area (Å²) in [5.74, 6) is 0.948. The van der Waals surface area contributed by atoms with Crippen molar-refractivity contribution in [2.45, 2.75) is 32.7 Å². The molecule has 0 fully saturated rings. The highest BCUT2D eigenvalue weighted by Crippen LogP contribution is 2.17. The van der Waals surface area contributed by atoms with Crippen molar-refractivity contribution in [1.29, 1.82) is 0 Å². The zero-order chi connectivity index (χ0) is 21.3. The molecular weight excluding hydrogens is 383 g/mol. The number of nitrogens with zero attached hydrogens (tertiary/aromatic N) is 3. The Labute approximate surface area is 177 Å². The van der Waals surface area contributed by atoms with E-state index in [1.165, 1.54) is 6.07 Å². The van der Waals surface area contributed by atoms with Gasteiger partial charge in [-0.2, -0.15) is 0 Å². The number of benzene rings is 2. The number of non-ortho nitro benzene ring substituents is 1. The standard InChI is InChI=1S/C23H29FN4O2/c1-2-3-15-27-18-26(17-20-6-4-5-7-22(20)24)16-13-23(27)25-14-12-19-8-10-21(11-9-19)28(29)30/h4-11,13,25H,2-3,12,14-18H2,1H3. The summed E-state index contributed by atoms with van der Waals surface area (Å²) in [7, 11) is 0. The third kappa shape index (κ3) is 6.03. The third-order valence-corrected chi connectivity index (χ3v) is 5.25. The van der Waals surface area contributed by atoms with Gasteiger partial charge in [0.15, 0.2) is 0 Å². The molecule has 2 aromatic carbocycles. The number of nitro benzene ring substituents is 1. The minimum atomic E-state index is -0.381. The second-order valence-corrected chi connectivity index (χ2v) is 7.55. The number of nitrogens with one attached hydrogen (secondary N) is 1. The molecule has 0 unspecified atom stereocenters. The van der Waals surface area contributed by atoms with Crippen molar-refractivity contribution in [2.75, 3.05) is 26.3 Å². The van der Waals surface area contributed by atoms with Crippen LogP contribution < -0.4 is 5.32 Å². The smallest absolute Gasteiger partial charge is 0.269 e. The first-order valence-corrected chi connectivity index (χ1v) is 10.4. The van der Waals surface area contributed by atoms with Gasteiger partial charge in [-0.05, 0) is 30.5 Å². The minimum Gasteiger partial charge on any atom is -0.372 e. The molecule has 0 aromatic heterocycles. The number of unbranched alkanes of at least 4 members (excludes halogenated alkanes) is 1. The quantitative estimate of drug-likeness (QED) is 0.466. The maximum Gasteiger partial charge on any atom is 0.269 e. The minimum absolute atomic E-state index is 0.113. The topological polar surface area (TPSA) is 61.6 Å². The molecule has 6 nitrogen and oxygen atoms in total. The summed E-state index contributed by atoms with van der Waals surface area (Å²) in [4.78, 5) is 14.9. The van der Waals surface area contributed by atoms with Crippen molar-refractivity contribution in [2.24, 2.45) is 0 Å². The highest BCUT2D eigenvalue weighted by Gasteiger charge is 2.19. The van der Waals surface area contributed by atoms with E-state index >= 15 is 0 Å². The molecule has 0 radical (unpaired) electrons. The summed E-state index contributed by atoms with van der Waals surface area (Å²) in [5, 5.41) is 14.3. The van der Waals surface area contributed by atoms with E-state index in [4.69, 9.17) is 0 Å². The van der Waals surface area contributed by atoms with Gasteiger partial charge in [-0.15, -0.1) is 0 Å². The predicted molar refractivity (Wildman–Crippen MR) is 116 cm³/mol. The van der Waals surface area contributed by atoms with Crippen molar-refractivity contribution >= 4 is 5.69 Å². The van der Waals surface area contributed by atoms with Gasteiger partial charge in [0.25, 0.3) is 5.69 Å². The molecule has 30 heavy (non-hydrogen) atoms. The molecule has 1 aliphatic rings. The lowest BCUT2D eigenvalue weighted by atomic mass is 10.1. The number of nitro groups is 1. The van der Waals surface area contributed by atoms with E-state index in [1.807, 2.05) is 12.1 Å². The van der Waals surface area contributed by atoms with E-state index in [-0.39, 0.29) is 16.4 Å². The summed E-state index contributed by atoms with van der Waals surface area (Å²) < 4.78 is 14.0. The van der Waals surface area contributed by atoms with Gasteiger partial charge in [-0.25, -0.2) is 4.39 Å². The van der Waals surface area contributed by atoms with E-state index in [2.05, 4.69) is 28.1 Å². The van der Waals surface area contributed by atoms with Gasteiger partial charge in [0.2, 0.25) is 0 Å². The molecule has 0 atom stereocenters. The Bertz CT molecular complexity index is 870. The first kappa shape index (κ1) is 21.8. The fourth-order valence-corrected chi connectivity index (χ4v) is 3.55. The van der Waals surface area contributed by atoms with Crippen LogP contribution in [-0.2, 0) is 13.0 Å². The number of hydrogen-bond acceptors (Lipinski definition) is 5. The van der Waals surface area contributed by atoms with Crippen LogP contribution in [0.3, 0.4) is 0 Å². The summed E-state index contributed by atoms with van der Waals surface area (Å²) in [6, 6.07) is 13.6.